The number of rotatable bonds is 4. The molecule has 1 N–H and O–H groups in total. The van der Waals surface area contributed by atoms with Crippen LogP contribution in [0.4, 0.5) is 5.69 Å². The van der Waals surface area contributed by atoms with Crippen LogP contribution in [0, 0.1) is 10.1 Å². The number of nitrogens with zero attached hydrogens (tertiary/aromatic N) is 1. The zero-order valence-corrected chi connectivity index (χ0v) is 11.2. The molecular formula is C10H10N2O5S2. The highest BCUT2D eigenvalue weighted by molar-refractivity contribution is 8.14. The predicted octanol–water partition coefficient (Wildman–Crippen LogP) is 0.905. The fourth-order valence-electron chi connectivity index (χ4n) is 1.69. The molecule has 1 heterocycles. The first-order valence-electron chi connectivity index (χ1n) is 5.34. The van der Waals surface area contributed by atoms with Crippen molar-refractivity contribution in [2.75, 3.05) is 5.75 Å². The Morgan fingerprint density at radius 2 is 2.05 bits per heavy atom. The van der Waals surface area contributed by atoms with Gasteiger partial charge in [-0.3, -0.25) is 14.9 Å². The van der Waals surface area contributed by atoms with E-state index in [0.29, 0.717) is 12.2 Å². The number of nitro groups is 1. The van der Waals surface area contributed by atoms with Crippen LogP contribution in [0.15, 0.2) is 29.2 Å². The van der Waals surface area contributed by atoms with E-state index < -0.39 is 31.6 Å². The second-order valence-electron chi connectivity index (χ2n) is 3.85. The lowest BCUT2D eigenvalue weighted by Gasteiger charge is -2.10. The van der Waals surface area contributed by atoms with Crippen LogP contribution in [-0.4, -0.2) is 30.3 Å². The summed E-state index contributed by atoms with van der Waals surface area (Å²) in [7, 11) is -4.08. The Balaban J connectivity index is 2.34. The molecule has 7 nitrogen and oxygen atoms in total. The molecule has 1 aliphatic heterocycles. The van der Waals surface area contributed by atoms with Gasteiger partial charge in [0, 0.05) is 11.8 Å². The van der Waals surface area contributed by atoms with Crippen LogP contribution in [0.3, 0.4) is 0 Å². The van der Waals surface area contributed by atoms with E-state index in [2.05, 4.69) is 4.72 Å². The first-order valence-corrected chi connectivity index (χ1v) is 7.81. The normalized spacial score (nSPS) is 19.6. The molecule has 0 saturated carbocycles. The number of thioether (sulfide) groups is 1. The first-order chi connectivity index (χ1) is 8.92. The zero-order chi connectivity index (χ0) is 14.0. The van der Waals surface area contributed by atoms with Gasteiger partial charge in [-0.2, -0.15) is 4.72 Å². The Morgan fingerprint density at radius 1 is 1.37 bits per heavy atom. The van der Waals surface area contributed by atoms with Gasteiger partial charge in [0.2, 0.25) is 15.1 Å². The van der Waals surface area contributed by atoms with Crippen molar-refractivity contribution >= 4 is 32.6 Å². The van der Waals surface area contributed by atoms with E-state index in [-0.39, 0.29) is 5.12 Å². The molecule has 9 heteroatoms. The van der Waals surface area contributed by atoms with Gasteiger partial charge < -0.3 is 0 Å². The Bertz CT molecular complexity index is 629. The maximum absolute atomic E-state index is 12.1. The monoisotopic (exact) mass is 302 g/mol. The van der Waals surface area contributed by atoms with Crippen LogP contribution >= 0.6 is 11.8 Å². The molecule has 0 spiro atoms. The third-order valence-electron chi connectivity index (χ3n) is 2.58. The summed E-state index contributed by atoms with van der Waals surface area (Å²) < 4.78 is 26.4. The summed E-state index contributed by atoms with van der Waals surface area (Å²) in [6.45, 7) is 0. The minimum Gasteiger partial charge on any atom is -0.285 e. The van der Waals surface area contributed by atoms with Gasteiger partial charge in [0.15, 0.2) is 4.90 Å². The molecule has 0 aromatic heterocycles. The number of benzene rings is 1. The van der Waals surface area contributed by atoms with Crippen LogP contribution in [0.2, 0.25) is 0 Å². The van der Waals surface area contributed by atoms with Gasteiger partial charge in [-0.25, -0.2) is 8.42 Å². The maximum atomic E-state index is 12.1. The van der Waals surface area contributed by atoms with Crippen LogP contribution in [0.25, 0.3) is 0 Å². The standard InChI is InChI=1S/C10H10N2O5S2/c13-10-7(5-6-18-10)11-19(16,17)9-4-2-1-3-8(9)12(14)15/h1-4,7,11H,5-6H2/t7-/m1/s1. The van der Waals surface area contributed by atoms with Crippen molar-refractivity contribution in [2.45, 2.75) is 17.4 Å². The highest BCUT2D eigenvalue weighted by Crippen LogP contribution is 2.25. The molecule has 1 saturated heterocycles. The van der Waals surface area contributed by atoms with Crippen molar-refractivity contribution in [1.82, 2.24) is 4.72 Å². The average Bonchev–Trinajstić information content (AvgIpc) is 2.74. The lowest BCUT2D eigenvalue weighted by molar-refractivity contribution is -0.387. The van der Waals surface area contributed by atoms with E-state index in [4.69, 9.17) is 0 Å². The summed E-state index contributed by atoms with van der Waals surface area (Å²) in [6.07, 6.45) is 0.392. The van der Waals surface area contributed by atoms with E-state index in [1.54, 1.807) is 0 Å². The zero-order valence-electron chi connectivity index (χ0n) is 9.61. The molecule has 0 bridgehead atoms. The lowest BCUT2D eigenvalue weighted by atomic mass is 10.3. The molecule has 102 valence electrons. The van der Waals surface area contributed by atoms with E-state index in [0.717, 1.165) is 23.9 Å². The molecule has 1 aliphatic rings. The fraction of sp³-hybridized carbons (Fsp3) is 0.300. The molecule has 2 rings (SSSR count). The number of para-hydroxylation sites is 1. The van der Waals surface area contributed by atoms with Gasteiger partial charge in [-0.15, -0.1) is 0 Å². The van der Waals surface area contributed by atoms with E-state index in [1.165, 1.54) is 12.1 Å². The van der Waals surface area contributed by atoms with Crippen molar-refractivity contribution in [3.05, 3.63) is 34.4 Å². The van der Waals surface area contributed by atoms with Crippen molar-refractivity contribution in [1.29, 1.82) is 0 Å². The van der Waals surface area contributed by atoms with Crippen LogP contribution in [0.5, 0.6) is 0 Å². The first kappa shape index (κ1) is 14.0. The summed E-state index contributed by atoms with van der Waals surface area (Å²) >= 11 is 1.05. The third kappa shape index (κ3) is 2.94. The summed E-state index contributed by atoms with van der Waals surface area (Å²) in [6, 6.07) is 4.22. The van der Waals surface area contributed by atoms with Crippen molar-refractivity contribution < 1.29 is 18.1 Å². The van der Waals surface area contributed by atoms with Gasteiger partial charge in [0.25, 0.3) is 5.69 Å². The molecule has 0 unspecified atom stereocenters. The summed E-state index contributed by atoms with van der Waals surface area (Å²) in [5.41, 5.74) is -0.506. The molecular weight excluding hydrogens is 292 g/mol. The highest BCUT2D eigenvalue weighted by atomic mass is 32.2. The molecule has 1 atom stereocenters. The molecule has 19 heavy (non-hydrogen) atoms. The fourth-order valence-corrected chi connectivity index (χ4v) is 4.10. The second-order valence-corrected chi connectivity index (χ2v) is 6.64. The molecule has 1 aromatic carbocycles. The average molecular weight is 302 g/mol. The summed E-state index contributed by atoms with van der Waals surface area (Å²) in [5, 5.41) is 10.6. The lowest BCUT2D eigenvalue weighted by Crippen LogP contribution is -2.37. The molecule has 0 amide bonds. The number of hydrogen-bond acceptors (Lipinski definition) is 6. The smallest absolute Gasteiger partial charge is 0.285 e. The van der Waals surface area contributed by atoms with E-state index >= 15 is 0 Å². The van der Waals surface area contributed by atoms with Crippen molar-refractivity contribution in [3.63, 3.8) is 0 Å². The quantitative estimate of drug-likeness (QED) is 0.654. The van der Waals surface area contributed by atoms with E-state index in [9.17, 15) is 23.3 Å². The summed E-state index contributed by atoms with van der Waals surface area (Å²) in [5.74, 6) is 0.545. The Kier molecular flexibility index (Phi) is 3.88. The van der Waals surface area contributed by atoms with Crippen molar-refractivity contribution in [2.24, 2.45) is 0 Å². The number of sulfonamides is 1. The SMILES string of the molecule is O=C1SCC[C@H]1NS(=O)(=O)c1ccccc1[N+](=O)[O-]. The predicted molar refractivity (Wildman–Crippen MR) is 69.3 cm³/mol. The van der Waals surface area contributed by atoms with E-state index in [1.807, 2.05) is 0 Å². The number of hydrogen-bond donors (Lipinski definition) is 1. The van der Waals surface area contributed by atoms with Crippen LogP contribution in [0.1, 0.15) is 6.42 Å². The second kappa shape index (κ2) is 5.27. The Morgan fingerprint density at radius 3 is 2.63 bits per heavy atom. The number of nitrogens with one attached hydrogen (secondary N) is 1. The highest BCUT2D eigenvalue weighted by Gasteiger charge is 2.33. The van der Waals surface area contributed by atoms with Gasteiger partial charge in [-0.05, 0) is 12.5 Å². The minimum absolute atomic E-state index is 0.262. The number of nitro benzene ring substituents is 1. The summed E-state index contributed by atoms with van der Waals surface area (Å²) in [4.78, 5) is 21.0. The van der Waals surface area contributed by atoms with Crippen LogP contribution < -0.4 is 4.72 Å². The molecule has 1 aromatic rings. The van der Waals surface area contributed by atoms with Gasteiger partial charge >= 0.3 is 0 Å². The third-order valence-corrected chi connectivity index (χ3v) is 5.11. The molecule has 0 aliphatic carbocycles. The number of carbonyl (C=O) groups is 1. The Hall–Kier alpha value is -1.45. The molecule has 1 fully saturated rings. The van der Waals surface area contributed by atoms with Crippen LogP contribution in [-0.2, 0) is 14.8 Å². The Labute approximate surface area is 113 Å². The van der Waals surface area contributed by atoms with Gasteiger partial charge in [-0.1, -0.05) is 23.9 Å². The number of carbonyl (C=O) groups excluding carboxylic acids is 1. The topological polar surface area (TPSA) is 106 Å². The molecule has 0 radical (unpaired) electrons. The van der Waals surface area contributed by atoms with Gasteiger partial charge in [0.1, 0.15) is 0 Å². The van der Waals surface area contributed by atoms with Crippen molar-refractivity contribution in [3.8, 4) is 0 Å². The van der Waals surface area contributed by atoms with Gasteiger partial charge in [0.05, 0.1) is 11.0 Å². The largest absolute Gasteiger partial charge is 0.289 e. The minimum atomic E-state index is -4.08. The maximum Gasteiger partial charge on any atom is 0.289 e.